The fourth-order valence-electron chi connectivity index (χ4n) is 2.76. The molecule has 0 saturated carbocycles. The molecule has 7 heteroatoms. The van der Waals surface area contributed by atoms with Gasteiger partial charge >= 0.3 is 0 Å². The number of morpholine rings is 1. The van der Waals surface area contributed by atoms with Gasteiger partial charge < -0.3 is 9.64 Å². The summed E-state index contributed by atoms with van der Waals surface area (Å²) in [6.45, 7) is 7.99. The van der Waals surface area contributed by atoms with Crippen LogP contribution >= 0.6 is 0 Å². The van der Waals surface area contributed by atoms with Crippen LogP contribution in [0.5, 0.6) is 0 Å². The fourth-order valence-corrected chi connectivity index (χ4v) is 4.20. The Hall–Kier alpha value is -1.44. The summed E-state index contributed by atoms with van der Waals surface area (Å²) in [4.78, 5) is 14.5. The lowest BCUT2D eigenvalue weighted by atomic mass is 10.1. The first kappa shape index (κ1) is 18.9. The van der Waals surface area contributed by atoms with Crippen LogP contribution < -0.4 is 0 Å². The number of rotatable bonds is 5. The second kappa shape index (κ2) is 7.63. The molecule has 1 aliphatic rings. The molecule has 1 heterocycles. The molecular weight excluding hydrogens is 328 g/mol. The number of sulfonamides is 1. The van der Waals surface area contributed by atoms with Crippen molar-refractivity contribution in [3.8, 4) is 0 Å². The minimum Gasteiger partial charge on any atom is -0.379 e. The van der Waals surface area contributed by atoms with Crippen molar-refractivity contribution in [1.29, 1.82) is 0 Å². The molecule has 0 aromatic heterocycles. The van der Waals surface area contributed by atoms with Gasteiger partial charge in [-0.1, -0.05) is 19.9 Å². The van der Waals surface area contributed by atoms with Gasteiger partial charge in [-0.3, -0.25) is 4.79 Å². The van der Waals surface area contributed by atoms with Crippen molar-refractivity contribution in [2.75, 3.05) is 39.9 Å². The number of ether oxygens (including phenoxy) is 1. The Morgan fingerprint density at radius 1 is 1.29 bits per heavy atom. The molecule has 0 aliphatic carbocycles. The Bertz CT molecular complexity index is 695. The number of carbonyl (C=O) groups is 1. The van der Waals surface area contributed by atoms with Gasteiger partial charge in [0.2, 0.25) is 10.0 Å². The second-order valence-corrected chi connectivity index (χ2v) is 8.51. The van der Waals surface area contributed by atoms with Crippen LogP contribution in [0, 0.1) is 12.8 Å². The average Bonchev–Trinajstić information content (AvgIpc) is 2.54. The molecule has 0 N–H and O–H groups in total. The fraction of sp³-hybridized carbons (Fsp3) is 0.588. The SMILES string of the molecule is Cc1ccc(S(=O)(=O)N2CCOCC2)cc1C(=O)N(C)CC(C)C. The summed E-state index contributed by atoms with van der Waals surface area (Å²) in [7, 11) is -1.86. The molecule has 0 atom stereocenters. The van der Waals surface area contributed by atoms with Gasteiger partial charge in [-0.15, -0.1) is 0 Å². The zero-order valence-corrected chi connectivity index (χ0v) is 15.6. The summed E-state index contributed by atoms with van der Waals surface area (Å²) in [6.07, 6.45) is 0. The molecule has 6 nitrogen and oxygen atoms in total. The molecule has 1 aromatic carbocycles. The van der Waals surface area contributed by atoms with E-state index in [-0.39, 0.29) is 10.8 Å². The number of nitrogens with zero attached hydrogens (tertiary/aromatic N) is 2. The quantitative estimate of drug-likeness (QED) is 0.808. The van der Waals surface area contributed by atoms with Crippen LogP contribution in [0.15, 0.2) is 23.1 Å². The molecule has 1 aromatic rings. The molecule has 0 spiro atoms. The van der Waals surface area contributed by atoms with Crippen molar-refractivity contribution in [2.24, 2.45) is 5.92 Å². The summed E-state index contributed by atoms with van der Waals surface area (Å²) in [5, 5.41) is 0. The van der Waals surface area contributed by atoms with Gasteiger partial charge in [0.25, 0.3) is 5.91 Å². The first-order chi connectivity index (χ1) is 11.2. The average molecular weight is 354 g/mol. The van der Waals surface area contributed by atoms with Gasteiger partial charge in [0.1, 0.15) is 0 Å². The van der Waals surface area contributed by atoms with Crippen LogP contribution in [-0.4, -0.2) is 63.4 Å². The Morgan fingerprint density at radius 2 is 1.92 bits per heavy atom. The Labute approximate surface area is 144 Å². The van der Waals surface area contributed by atoms with E-state index < -0.39 is 10.0 Å². The molecule has 1 amide bonds. The summed E-state index contributed by atoms with van der Waals surface area (Å²) >= 11 is 0. The third-order valence-electron chi connectivity index (χ3n) is 4.03. The minimum absolute atomic E-state index is 0.153. The van der Waals surface area contributed by atoms with E-state index >= 15 is 0 Å². The van der Waals surface area contributed by atoms with Crippen molar-refractivity contribution in [2.45, 2.75) is 25.7 Å². The molecule has 1 saturated heterocycles. The van der Waals surface area contributed by atoms with E-state index in [0.717, 1.165) is 5.56 Å². The molecule has 24 heavy (non-hydrogen) atoms. The van der Waals surface area contributed by atoms with E-state index in [0.29, 0.717) is 44.3 Å². The monoisotopic (exact) mass is 354 g/mol. The highest BCUT2D eigenvalue weighted by molar-refractivity contribution is 7.89. The molecule has 0 radical (unpaired) electrons. The predicted octanol–water partition coefficient (Wildman–Crippen LogP) is 1.74. The normalized spacial score (nSPS) is 16.4. The van der Waals surface area contributed by atoms with Gasteiger partial charge in [-0.05, 0) is 30.5 Å². The number of aryl methyl sites for hydroxylation is 1. The van der Waals surface area contributed by atoms with Crippen molar-refractivity contribution in [3.05, 3.63) is 29.3 Å². The summed E-state index contributed by atoms with van der Waals surface area (Å²) in [6, 6.07) is 4.77. The van der Waals surface area contributed by atoms with Crippen LogP contribution in [0.4, 0.5) is 0 Å². The van der Waals surface area contributed by atoms with E-state index in [1.54, 1.807) is 24.1 Å². The molecule has 1 fully saturated rings. The van der Waals surface area contributed by atoms with Crippen LogP contribution in [0.25, 0.3) is 0 Å². The largest absolute Gasteiger partial charge is 0.379 e. The smallest absolute Gasteiger partial charge is 0.253 e. The highest BCUT2D eigenvalue weighted by Crippen LogP contribution is 2.21. The molecule has 2 rings (SSSR count). The Morgan fingerprint density at radius 3 is 2.50 bits per heavy atom. The summed E-state index contributed by atoms with van der Waals surface area (Å²) in [5.41, 5.74) is 1.21. The molecular formula is C17H26N2O4S. The van der Waals surface area contributed by atoms with Gasteiger partial charge in [0.05, 0.1) is 18.1 Å². The van der Waals surface area contributed by atoms with Crippen molar-refractivity contribution in [3.63, 3.8) is 0 Å². The van der Waals surface area contributed by atoms with Gasteiger partial charge in [0.15, 0.2) is 0 Å². The van der Waals surface area contributed by atoms with E-state index in [1.807, 2.05) is 20.8 Å². The Balaban J connectivity index is 2.32. The van der Waals surface area contributed by atoms with Crippen LogP contribution in [0.1, 0.15) is 29.8 Å². The number of amides is 1. The number of benzene rings is 1. The maximum absolute atomic E-state index is 12.8. The summed E-state index contributed by atoms with van der Waals surface area (Å²) in [5.74, 6) is 0.194. The molecule has 1 aliphatic heterocycles. The van der Waals surface area contributed by atoms with Crippen molar-refractivity contribution < 1.29 is 17.9 Å². The first-order valence-corrected chi connectivity index (χ1v) is 9.61. The highest BCUT2D eigenvalue weighted by Gasteiger charge is 2.27. The standard InChI is InChI=1S/C17H26N2O4S/c1-13(2)12-18(4)17(20)16-11-15(6-5-14(16)3)24(21,22)19-7-9-23-10-8-19/h5-6,11,13H,7-10,12H2,1-4H3. The lowest BCUT2D eigenvalue weighted by Crippen LogP contribution is -2.40. The van der Waals surface area contributed by atoms with E-state index in [1.165, 1.54) is 10.4 Å². The number of carbonyl (C=O) groups excluding carboxylic acids is 1. The Kier molecular flexibility index (Phi) is 6.01. The van der Waals surface area contributed by atoms with E-state index in [2.05, 4.69) is 0 Å². The zero-order chi connectivity index (χ0) is 17.9. The maximum atomic E-state index is 12.8. The molecule has 0 bridgehead atoms. The third-order valence-corrected chi connectivity index (χ3v) is 5.93. The number of hydrogen-bond donors (Lipinski definition) is 0. The van der Waals surface area contributed by atoms with E-state index in [4.69, 9.17) is 4.74 Å². The topological polar surface area (TPSA) is 66.9 Å². The maximum Gasteiger partial charge on any atom is 0.253 e. The van der Waals surface area contributed by atoms with Crippen LogP contribution in [0.3, 0.4) is 0 Å². The van der Waals surface area contributed by atoms with Gasteiger partial charge in [-0.2, -0.15) is 4.31 Å². The van der Waals surface area contributed by atoms with Gasteiger partial charge in [0, 0.05) is 32.2 Å². The number of hydrogen-bond acceptors (Lipinski definition) is 4. The van der Waals surface area contributed by atoms with Crippen molar-refractivity contribution >= 4 is 15.9 Å². The van der Waals surface area contributed by atoms with Crippen molar-refractivity contribution in [1.82, 2.24) is 9.21 Å². The highest BCUT2D eigenvalue weighted by atomic mass is 32.2. The third kappa shape index (κ3) is 4.15. The predicted molar refractivity (Wildman–Crippen MR) is 92.6 cm³/mol. The lowest BCUT2D eigenvalue weighted by molar-refractivity contribution is 0.0730. The van der Waals surface area contributed by atoms with Crippen LogP contribution in [0.2, 0.25) is 0 Å². The molecule has 134 valence electrons. The lowest BCUT2D eigenvalue weighted by Gasteiger charge is -2.26. The van der Waals surface area contributed by atoms with Crippen LogP contribution in [-0.2, 0) is 14.8 Å². The zero-order valence-electron chi connectivity index (χ0n) is 14.8. The summed E-state index contributed by atoms with van der Waals surface area (Å²) < 4.78 is 32.2. The first-order valence-electron chi connectivity index (χ1n) is 8.17. The minimum atomic E-state index is -3.60. The molecule has 0 unspecified atom stereocenters. The second-order valence-electron chi connectivity index (χ2n) is 6.57. The van der Waals surface area contributed by atoms with Gasteiger partial charge in [-0.25, -0.2) is 8.42 Å². The van der Waals surface area contributed by atoms with E-state index in [9.17, 15) is 13.2 Å².